The molecule has 51 heavy (non-hydrogen) atoms. The number of hydrogen-bond donors (Lipinski definition) is 5. The van der Waals surface area contributed by atoms with Crippen LogP contribution < -0.4 is 15.4 Å². The summed E-state index contributed by atoms with van der Waals surface area (Å²) in [5, 5.41) is 29.6. The lowest BCUT2D eigenvalue weighted by Crippen LogP contribution is -2.25. The number of dihydropyridines is 1. The van der Waals surface area contributed by atoms with Gasteiger partial charge >= 0.3 is 5.97 Å². The van der Waals surface area contributed by atoms with Gasteiger partial charge in [0.2, 0.25) is 0 Å². The van der Waals surface area contributed by atoms with Crippen LogP contribution >= 0.6 is 0 Å². The van der Waals surface area contributed by atoms with E-state index in [0.717, 1.165) is 53.5 Å². The van der Waals surface area contributed by atoms with Crippen molar-refractivity contribution in [2.45, 2.75) is 77.4 Å². The number of benzene rings is 2. The van der Waals surface area contributed by atoms with Gasteiger partial charge in [0.25, 0.3) is 0 Å². The van der Waals surface area contributed by atoms with Crippen LogP contribution in [0.15, 0.2) is 84.7 Å². The van der Waals surface area contributed by atoms with E-state index in [9.17, 15) is 19.8 Å². The Hall–Kier alpha value is -4.96. The fourth-order valence-electron chi connectivity index (χ4n) is 7.63. The minimum Gasteiger partial charge on any atom is -0.504 e. The monoisotopic (exact) mass is 694 g/mol. The van der Waals surface area contributed by atoms with Crippen molar-refractivity contribution < 1.29 is 29.3 Å². The normalized spacial score (nSPS) is 21.8. The number of aromatic hydroxyl groups is 1. The van der Waals surface area contributed by atoms with E-state index >= 15 is 0 Å². The van der Waals surface area contributed by atoms with Gasteiger partial charge in [0.1, 0.15) is 17.7 Å². The van der Waals surface area contributed by atoms with Gasteiger partial charge in [-0.15, -0.1) is 0 Å². The number of hydrogen-bond acceptors (Lipinski definition) is 8. The Morgan fingerprint density at radius 1 is 1.04 bits per heavy atom. The number of H-pyrrole nitrogens is 1. The highest BCUT2D eigenvalue weighted by Crippen LogP contribution is 2.36. The molecule has 2 aromatic heterocycles. The number of anilines is 1. The number of aliphatic hydroxyl groups is 1. The number of carbonyl (C=O) groups excluding carboxylic acids is 2. The summed E-state index contributed by atoms with van der Waals surface area (Å²) in [6.45, 7) is 4.34. The van der Waals surface area contributed by atoms with Crippen molar-refractivity contribution in [3.8, 4) is 11.5 Å². The van der Waals surface area contributed by atoms with E-state index < -0.39 is 18.1 Å². The number of ether oxygens (including phenoxy) is 2. The van der Waals surface area contributed by atoms with Gasteiger partial charge in [-0.05, 0) is 90.5 Å². The Labute approximate surface area is 299 Å². The highest BCUT2D eigenvalue weighted by atomic mass is 16.5. The molecular formula is C41H50N4O6. The first-order chi connectivity index (χ1) is 24.7. The highest BCUT2D eigenvalue weighted by Gasteiger charge is 2.26. The van der Waals surface area contributed by atoms with Crippen LogP contribution in [0.3, 0.4) is 0 Å². The molecule has 4 bridgehead atoms. The predicted octanol–water partition coefficient (Wildman–Crippen LogP) is 6.94. The molecule has 0 radical (unpaired) electrons. The van der Waals surface area contributed by atoms with E-state index in [1.165, 1.54) is 30.7 Å². The Morgan fingerprint density at radius 2 is 1.86 bits per heavy atom. The fourth-order valence-corrected chi connectivity index (χ4v) is 7.63. The zero-order valence-corrected chi connectivity index (χ0v) is 29.8. The SMILES string of the molecule is CC[C@@H]1CC[C@@H](OC(C)=O)CC(=O)C[C@H](c2ccc(O)c(OC)c2)n2cc3cccc(c3c2)NC2=CC(=CCN2)[C@H](CCO)Cc2c[nH]cc2C1. The molecule has 6 rings (SSSR count). The van der Waals surface area contributed by atoms with Crippen LogP contribution in [0.5, 0.6) is 11.5 Å². The third-order valence-electron chi connectivity index (χ3n) is 10.4. The lowest BCUT2D eigenvalue weighted by atomic mass is 9.85. The van der Waals surface area contributed by atoms with E-state index in [0.29, 0.717) is 31.1 Å². The minimum absolute atomic E-state index is 0.0212. The Bertz CT molecular complexity index is 1900. The molecule has 0 amide bonds. The van der Waals surface area contributed by atoms with Gasteiger partial charge < -0.3 is 39.9 Å². The van der Waals surface area contributed by atoms with Crippen molar-refractivity contribution in [1.29, 1.82) is 0 Å². The summed E-state index contributed by atoms with van der Waals surface area (Å²) in [4.78, 5) is 29.5. The van der Waals surface area contributed by atoms with Gasteiger partial charge in [-0.3, -0.25) is 9.59 Å². The summed E-state index contributed by atoms with van der Waals surface area (Å²) in [5.74, 6) is 1.29. The van der Waals surface area contributed by atoms with Crippen molar-refractivity contribution >= 4 is 28.2 Å². The number of aromatic amines is 1. The molecule has 2 aromatic carbocycles. The number of phenols is 1. The molecule has 0 unspecified atom stereocenters. The molecule has 10 nitrogen and oxygen atoms in total. The summed E-state index contributed by atoms with van der Waals surface area (Å²) in [6.07, 6.45) is 17.0. The number of phenolic OH excluding ortho intramolecular Hbond substituents is 1. The maximum atomic E-state index is 14.0. The van der Waals surface area contributed by atoms with Crippen molar-refractivity contribution in [3.63, 3.8) is 0 Å². The number of nitrogens with one attached hydrogen (secondary N) is 3. The molecule has 4 heterocycles. The molecule has 0 spiro atoms. The first-order valence-electron chi connectivity index (χ1n) is 18.1. The van der Waals surface area contributed by atoms with E-state index in [2.05, 4.69) is 57.9 Å². The third-order valence-corrected chi connectivity index (χ3v) is 10.4. The molecule has 2 aliphatic rings. The van der Waals surface area contributed by atoms with Crippen LogP contribution in [0.1, 0.15) is 75.1 Å². The van der Waals surface area contributed by atoms with Gasteiger partial charge in [0.05, 0.1) is 13.2 Å². The average Bonchev–Trinajstić information content (AvgIpc) is 3.75. The van der Waals surface area contributed by atoms with Crippen molar-refractivity contribution in [2.24, 2.45) is 11.8 Å². The number of Topliss-reactive ketones (excluding diaryl/α,β-unsaturated/α-hetero) is 1. The number of fused-ring (bicyclic) bond motifs is 3. The zero-order valence-electron chi connectivity index (χ0n) is 29.8. The van der Waals surface area contributed by atoms with Gasteiger partial charge in [0, 0.05) is 74.2 Å². The van der Waals surface area contributed by atoms with Crippen LogP contribution in [0.4, 0.5) is 5.69 Å². The quantitative estimate of drug-likeness (QED) is 0.137. The summed E-state index contributed by atoms with van der Waals surface area (Å²) in [5.41, 5.74) is 5.41. The van der Waals surface area contributed by atoms with Crippen LogP contribution in [-0.2, 0) is 27.2 Å². The molecular weight excluding hydrogens is 644 g/mol. The zero-order chi connectivity index (χ0) is 35.9. The molecule has 4 aromatic rings. The summed E-state index contributed by atoms with van der Waals surface area (Å²) in [6, 6.07) is 10.9. The number of aromatic nitrogens is 2. The van der Waals surface area contributed by atoms with Gasteiger partial charge in [0.15, 0.2) is 11.5 Å². The van der Waals surface area contributed by atoms with Crippen molar-refractivity contribution in [3.05, 3.63) is 101 Å². The second kappa shape index (κ2) is 16.4. The van der Waals surface area contributed by atoms with Gasteiger partial charge in [-0.2, -0.15) is 0 Å². The molecule has 0 saturated carbocycles. The van der Waals surface area contributed by atoms with Crippen LogP contribution in [-0.4, -0.2) is 57.9 Å². The van der Waals surface area contributed by atoms with E-state index in [1.807, 2.05) is 30.5 Å². The number of carbonyl (C=O) groups is 2. The molecule has 0 fully saturated rings. The molecule has 10 heteroatoms. The number of allylic oxidation sites excluding steroid dienone is 2. The Balaban J connectivity index is 1.42. The molecule has 0 saturated heterocycles. The second-order valence-electron chi connectivity index (χ2n) is 13.9. The number of rotatable bonds is 6. The largest absolute Gasteiger partial charge is 0.504 e. The smallest absolute Gasteiger partial charge is 0.302 e. The number of nitrogens with zero attached hydrogens (tertiary/aromatic N) is 1. The number of esters is 1. The molecule has 4 atom stereocenters. The highest BCUT2D eigenvalue weighted by molar-refractivity contribution is 5.94. The molecule has 2 aliphatic heterocycles. The lowest BCUT2D eigenvalue weighted by Gasteiger charge is -2.24. The molecule has 0 aliphatic carbocycles. The molecule has 5 N–H and O–H groups in total. The third kappa shape index (κ3) is 8.68. The van der Waals surface area contributed by atoms with Gasteiger partial charge in [-0.1, -0.05) is 37.6 Å². The van der Waals surface area contributed by atoms with E-state index in [1.54, 1.807) is 12.1 Å². The van der Waals surface area contributed by atoms with E-state index in [-0.39, 0.29) is 36.9 Å². The lowest BCUT2D eigenvalue weighted by molar-refractivity contribution is -0.148. The van der Waals surface area contributed by atoms with Crippen LogP contribution in [0.25, 0.3) is 10.8 Å². The molecule has 270 valence electrons. The number of methoxy groups -OCH3 is 1. The van der Waals surface area contributed by atoms with E-state index in [4.69, 9.17) is 9.47 Å². The van der Waals surface area contributed by atoms with Crippen molar-refractivity contribution in [2.75, 3.05) is 25.6 Å². The van der Waals surface area contributed by atoms with Crippen LogP contribution in [0, 0.1) is 11.8 Å². The maximum absolute atomic E-state index is 14.0. The van der Waals surface area contributed by atoms with Crippen molar-refractivity contribution in [1.82, 2.24) is 14.9 Å². The minimum atomic E-state index is -0.529. The number of aliphatic hydroxyl groups excluding tert-OH is 1. The summed E-state index contributed by atoms with van der Waals surface area (Å²) >= 11 is 0. The fraction of sp³-hybridized carbons (Fsp3) is 0.415. The second-order valence-corrected chi connectivity index (χ2v) is 13.9. The first kappa shape index (κ1) is 35.9. The summed E-state index contributed by atoms with van der Waals surface area (Å²) < 4.78 is 13.3. The average molecular weight is 695 g/mol. The maximum Gasteiger partial charge on any atom is 0.302 e. The Morgan fingerprint density at radius 3 is 2.63 bits per heavy atom. The predicted molar refractivity (Wildman–Crippen MR) is 199 cm³/mol. The standard InChI is InChI=1S/C41H50N4O6/c1-4-27-8-10-35(51-26(2)47)20-34(48)21-38(30-9-11-39(49)40(18-30)50-3)45-24-31-6-5-7-37(36(31)25-45)44-41-19-28(12-14-43-41)29(13-15-46)17-33-23-42-22-32(33)16-27/h5-7,9,11-12,18-19,22-25,27,29,35,38,42-44,46,49H,4,8,10,13-17,20-21H2,1-3H3/t27-,29-,35-,38-/m1/s1. The number of ketones is 1. The topological polar surface area (TPSA) is 138 Å². The van der Waals surface area contributed by atoms with Gasteiger partial charge in [-0.25, -0.2) is 0 Å². The van der Waals surface area contributed by atoms with Crippen LogP contribution in [0.2, 0.25) is 0 Å². The first-order valence-corrected chi connectivity index (χ1v) is 18.1. The Kier molecular flexibility index (Phi) is 11.5. The summed E-state index contributed by atoms with van der Waals surface area (Å²) in [7, 11) is 1.51.